The minimum atomic E-state index is 0.634. The topological polar surface area (TPSA) is 43.2 Å². The van der Waals surface area contributed by atoms with Crippen molar-refractivity contribution < 1.29 is 9.47 Å². The first-order valence-electron chi connectivity index (χ1n) is 8.26. The minimum Gasteiger partial charge on any atom is -0.493 e. The minimum absolute atomic E-state index is 0.634. The largest absolute Gasteiger partial charge is 0.493 e. The van der Waals surface area contributed by atoms with Gasteiger partial charge in [-0.1, -0.05) is 66.7 Å². The first-order valence-corrected chi connectivity index (χ1v) is 8.26. The van der Waals surface area contributed by atoms with E-state index < -0.39 is 0 Å². The summed E-state index contributed by atoms with van der Waals surface area (Å²) in [7, 11) is 3.22. The molecule has 0 aliphatic rings. The molecular formula is C22H20N2O2. The van der Waals surface area contributed by atoms with Crippen LogP contribution in [-0.4, -0.2) is 26.1 Å². The van der Waals surface area contributed by atoms with E-state index in [1.54, 1.807) is 20.4 Å². The molecule has 0 fully saturated rings. The lowest BCUT2D eigenvalue weighted by Crippen LogP contribution is -2.02. The van der Waals surface area contributed by atoms with Gasteiger partial charge < -0.3 is 9.47 Å². The van der Waals surface area contributed by atoms with Crippen LogP contribution < -0.4 is 9.47 Å². The highest BCUT2D eigenvalue weighted by Crippen LogP contribution is 2.29. The van der Waals surface area contributed by atoms with Crippen LogP contribution in [0.3, 0.4) is 0 Å². The van der Waals surface area contributed by atoms with Crippen LogP contribution in [0.2, 0.25) is 0 Å². The molecule has 0 bridgehead atoms. The SMILES string of the molecule is COc1cccc(C=NN=C(c2ccccc2)c2ccccc2)c1OC. The van der Waals surface area contributed by atoms with Crippen molar-refractivity contribution in [2.75, 3.05) is 14.2 Å². The Hall–Kier alpha value is -3.40. The Balaban J connectivity index is 1.99. The lowest BCUT2D eigenvalue weighted by molar-refractivity contribution is 0.354. The van der Waals surface area contributed by atoms with E-state index in [1.807, 2.05) is 78.9 Å². The van der Waals surface area contributed by atoms with Gasteiger partial charge in [-0.25, -0.2) is 0 Å². The molecule has 4 heteroatoms. The molecule has 26 heavy (non-hydrogen) atoms. The van der Waals surface area contributed by atoms with Crippen molar-refractivity contribution in [1.82, 2.24) is 0 Å². The molecular weight excluding hydrogens is 324 g/mol. The van der Waals surface area contributed by atoms with Crippen molar-refractivity contribution in [3.63, 3.8) is 0 Å². The van der Waals surface area contributed by atoms with Gasteiger partial charge in [-0.2, -0.15) is 5.10 Å². The molecule has 0 spiro atoms. The van der Waals surface area contributed by atoms with Gasteiger partial charge >= 0.3 is 0 Å². The molecule has 0 unspecified atom stereocenters. The van der Waals surface area contributed by atoms with Crippen molar-refractivity contribution >= 4 is 11.9 Å². The Morgan fingerprint density at radius 2 is 1.35 bits per heavy atom. The second-order valence-corrected chi connectivity index (χ2v) is 5.51. The molecule has 3 aromatic carbocycles. The van der Waals surface area contributed by atoms with Crippen LogP contribution in [-0.2, 0) is 0 Å². The summed E-state index contributed by atoms with van der Waals surface area (Å²) in [6, 6.07) is 25.6. The molecule has 0 radical (unpaired) electrons. The summed E-state index contributed by atoms with van der Waals surface area (Å²) in [5.41, 5.74) is 3.63. The Morgan fingerprint density at radius 3 is 1.88 bits per heavy atom. The van der Waals surface area contributed by atoms with E-state index in [0.717, 1.165) is 22.4 Å². The predicted octanol–water partition coefficient (Wildman–Crippen LogP) is 4.58. The molecule has 0 N–H and O–H groups in total. The maximum Gasteiger partial charge on any atom is 0.169 e. The number of hydrogen-bond acceptors (Lipinski definition) is 4. The van der Waals surface area contributed by atoms with E-state index in [4.69, 9.17) is 9.47 Å². The maximum absolute atomic E-state index is 5.43. The first-order chi connectivity index (χ1) is 12.8. The summed E-state index contributed by atoms with van der Waals surface area (Å²) in [6.07, 6.45) is 1.67. The molecule has 3 rings (SSSR count). The second kappa shape index (κ2) is 8.62. The van der Waals surface area contributed by atoms with Crippen LogP contribution in [0.1, 0.15) is 16.7 Å². The van der Waals surface area contributed by atoms with Crippen LogP contribution in [0.15, 0.2) is 89.1 Å². The van der Waals surface area contributed by atoms with Gasteiger partial charge in [0, 0.05) is 16.7 Å². The van der Waals surface area contributed by atoms with Crippen LogP contribution in [0.4, 0.5) is 0 Å². The zero-order valence-electron chi connectivity index (χ0n) is 14.8. The molecule has 0 atom stereocenters. The van der Waals surface area contributed by atoms with Crippen molar-refractivity contribution in [2.24, 2.45) is 10.2 Å². The van der Waals surface area contributed by atoms with Gasteiger partial charge in [-0.05, 0) is 12.1 Å². The Bertz CT molecular complexity index is 862. The van der Waals surface area contributed by atoms with Gasteiger partial charge in [0.1, 0.15) is 5.71 Å². The molecule has 130 valence electrons. The summed E-state index contributed by atoms with van der Waals surface area (Å²) in [4.78, 5) is 0. The number of nitrogens with zero attached hydrogens (tertiary/aromatic N) is 2. The lowest BCUT2D eigenvalue weighted by atomic mass is 10.0. The summed E-state index contributed by atoms with van der Waals surface area (Å²) in [5, 5.41) is 8.79. The number of rotatable bonds is 6. The summed E-state index contributed by atoms with van der Waals surface area (Å²) in [6.45, 7) is 0. The smallest absolute Gasteiger partial charge is 0.169 e. The second-order valence-electron chi connectivity index (χ2n) is 5.51. The van der Waals surface area contributed by atoms with Gasteiger partial charge in [0.2, 0.25) is 0 Å². The third-order valence-electron chi connectivity index (χ3n) is 3.88. The maximum atomic E-state index is 5.43. The van der Waals surface area contributed by atoms with Gasteiger partial charge in [-0.3, -0.25) is 0 Å². The number of methoxy groups -OCH3 is 2. The van der Waals surface area contributed by atoms with Gasteiger partial charge in [0.15, 0.2) is 11.5 Å². The molecule has 0 aliphatic carbocycles. The Kier molecular flexibility index (Phi) is 5.78. The van der Waals surface area contributed by atoms with Crippen molar-refractivity contribution in [1.29, 1.82) is 0 Å². The first kappa shape index (κ1) is 17.4. The molecule has 0 aliphatic heterocycles. The van der Waals surface area contributed by atoms with E-state index in [1.165, 1.54) is 0 Å². The molecule has 4 nitrogen and oxygen atoms in total. The average Bonchev–Trinajstić information content (AvgIpc) is 2.72. The van der Waals surface area contributed by atoms with Crippen LogP contribution >= 0.6 is 0 Å². The van der Waals surface area contributed by atoms with Crippen LogP contribution in [0.5, 0.6) is 11.5 Å². The molecule has 0 amide bonds. The number of para-hydroxylation sites is 1. The van der Waals surface area contributed by atoms with Crippen LogP contribution in [0.25, 0.3) is 0 Å². The van der Waals surface area contributed by atoms with Gasteiger partial charge in [0.05, 0.1) is 20.4 Å². The number of hydrogen-bond donors (Lipinski definition) is 0. The van der Waals surface area contributed by atoms with Gasteiger partial charge in [-0.15, -0.1) is 5.10 Å². The molecule has 0 saturated heterocycles. The zero-order chi connectivity index (χ0) is 18.2. The number of benzene rings is 3. The lowest BCUT2D eigenvalue weighted by Gasteiger charge is -2.09. The van der Waals surface area contributed by atoms with E-state index >= 15 is 0 Å². The summed E-state index contributed by atoms with van der Waals surface area (Å²) >= 11 is 0. The third kappa shape index (κ3) is 3.98. The normalized spacial score (nSPS) is 10.5. The van der Waals surface area contributed by atoms with E-state index in [2.05, 4.69) is 10.2 Å². The molecule has 3 aromatic rings. The standard InChI is InChI=1S/C22H20N2O2/c1-25-20-15-9-14-19(22(20)26-2)16-23-24-21(17-10-5-3-6-11-17)18-12-7-4-8-13-18/h3-16H,1-2H3. The quantitative estimate of drug-likeness (QED) is 0.485. The monoisotopic (exact) mass is 344 g/mol. The summed E-state index contributed by atoms with van der Waals surface area (Å²) < 4.78 is 10.7. The molecule has 0 saturated carbocycles. The highest BCUT2D eigenvalue weighted by Gasteiger charge is 2.08. The number of ether oxygens (including phenoxy) is 2. The fraction of sp³-hybridized carbons (Fsp3) is 0.0909. The highest BCUT2D eigenvalue weighted by atomic mass is 16.5. The predicted molar refractivity (Wildman–Crippen MR) is 106 cm³/mol. The van der Waals surface area contributed by atoms with E-state index in [0.29, 0.717) is 11.5 Å². The fourth-order valence-corrected chi connectivity index (χ4v) is 2.64. The van der Waals surface area contributed by atoms with Crippen molar-refractivity contribution in [2.45, 2.75) is 0 Å². The Morgan fingerprint density at radius 1 is 0.731 bits per heavy atom. The van der Waals surface area contributed by atoms with Crippen molar-refractivity contribution in [3.8, 4) is 11.5 Å². The fourth-order valence-electron chi connectivity index (χ4n) is 2.64. The highest BCUT2D eigenvalue weighted by molar-refractivity contribution is 6.13. The van der Waals surface area contributed by atoms with E-state index in [9.17, 15) is 0 Å². The van der Waals surface area contributed by atoms with Crippen LogP contribution in [0, 0.1) is 0 Å². The zero-order valence-corrected chi connectivity index (χ0v) is 14.8. The Labute approximate surface area is 153 Å². The molecule has 0 aromatic heterocycles. The average molecular weight is 344 g/mol. The van der Waals surface area contributed by atoms with Gasteiger partial charge in [0.25, 0.3) is 0 Å². The molecule has 0 heterocycles. The summed E-state index contributed by atoms with van der Waals surface area (Å²) in [5.74, 6) is 1.29. The third-order valence-corrected chi connectivity index (χ3v) is 3.88. The van der Waals surface area contributed by atoms with Crippen molar-refractivity contribution in [3.05, 3.63) is 95.6 Å². The van der Waals surface area contributed by atoms with E-state index in [-0.39, 0.29) is 0 Å².